The van der Waals surface area contributed by atoms with Gasteiger partial charge in [0.25, 0.3) is 0 Å². The number of guanidine groups is 1. The largest absolute Gasteiger partial charge is 0.478 e. The second-order valence-electron chi connectivity index (χ2n) is 4.13. The van der Waals surface area contributed by atoms with E-state index < -0.39 is 5.97 Å². The fourth-order valence-corrected chi connectivity index (χ4v) is 1.62. The Morgan fingerprint density at radius 2 is 1.90 bits per heavy atom. The zero-order valence-corrected chi connectivity index (χ0v) is 11.0. The van der Waals surface area contributed by atoms with Crippen LogP contribution in [0, 0.1) is 0 Å². The molecule has 0 unspecified atom stereocenters. The third-order valence-corrected chi connectivity index (χ3v) is 2.59. The molecule has 106 valence electrons. The SMILES string of the molecule is NC(N)=NN=Cc1ccc(-c2cc(C(=O)O)ccn2)cc1. The van der Waals surface area contributed by atoms with Crippen LogP contribution in [0.5, 0.6) is 0 Å². The van der Waals surface area contributed by atoms with Crippen LogP contribution in [0.15, 0.2) is 52.8 Å². The van der Waals surface area contributed by atoms with Crippen LogP contribution in [0.1, 0.15) is 15.9 Å². The fraction of sp³-hybridized carbons (Fsp3) is 0. The van der Waals surface area contributed by atoms with E-state index in [-0.39, 0.29) is 11.5 Å². The maximum atomic E-state index is 10.9. The van der Waals surface area contributed by atoms with Crippen molar-refractivity contribution in [3.8, 4) is 11.3 Å². The van der Waals surface area contributed by atoms with Crippen LogP contribution in [0.4, 0.5) is 0 Å². The number of nitrogens with two attached hydrogens (primary N) is 2. The lowest BCUT2D eigenvalue weighted by Gasteiger charge is -2.02. The third kappa shape index (κ3) is 3.87. The molecule has 2 aromatic rings. The summed E-state index contributed by atoms with van der Waals surface area (Å²) in [4.78, 5) is 15.1. The van der Waals surface area contributed by atoms with Gasteiger partial charge in [-0.25, -0.2) is 4.79 Å². The minimum Gasteiger partial charge on any atom is -0.478 e. The van der Waals surface area contributed by atoms with Crippen LogP contribution >= 0.6 is 0 Å². The van der Waals surface area contributed by atoms with Crippen molar-refractivity contribution in [3.63, 3.8) is 0 Å². The van der Waals surface area contributed by atoms with Gasteiger partial charge in [-0.05, 0) is 17.7 Å². The Morgan fingerprint density at radius 1 is 1.19 bits per heavy atom. The smallest absolute Gasteiger partial charge is 0.335 e. The second-order valence-corrected chi connectivity index (χ2v) is 4.13. The Bertz CT molecular complexity index is 704. The molecular formula is C14H13N5O2. The molecule has 2 rings (SSSR count). The van der Waals surface area contributed by atoms with Gasteiger partial charge in [-0.15, -0.1) is 5.10 Å². The molecule has 1 aromatic heterocycles. The van der Waals surface area contributed by atoms with Crippen molar-refractivity contribution >= 4 is 18.1 Å². The van der Waals surface area contributed by atoms with E-state index in [9.17, 15) is 4.79 Å². The second kappa shape index (κ2) is 6.29. The highest BCUT2D eigenvalue weighted by atomic mass is 16.4. The summed E-state index contributed by atoms with van der Waals surface area (Å²) in [6, 6.07) is 10.2. The summed E-state index contributed by atoms with van der Waals surface area (Å²) in [6.45, 7) is 0. The van der Waals surface area contributed by atoms with E-state index in [1.54, 1.807) is 12.1 Å². The van der Waals surface area contributed by atoms with Gasteiger partial charge in [-0.2, -0.15) is 5.10 Å². The highest BCUT2D eigenvalue weighted by molar-refractivity contribution is 5.89. The maximum absolute atomic E-state index is 10.9. The van der Waals surface area contributed by atoms with E-state index in [1.165, 1.54) is 24.5 Å². The number of carboxylic acid groups (broad SMARTS) is 1. The molecule has 0 radical (unpaired) electrons. The number of aromatic carboxylic acids is 1. The standard InChI is InChI=1S/C14H13N5O2/c15-14(16)19-18-8-9-1-3-10(4-2-9)12-7-11(13(20)21)5-6-17-12/h1-8H,(H,20,21)(H4,15,16,19). The van der Waals surface area contributed by atoms with Crippen LogP contribution in [0.25, 0.3) is 11.3 Å². The third-order valence-electron chi connectivity index (χ3n) is 2.59. The summed E-state index contributed by atoms with van der Waals surface area (Å²) >= 11 is 0. The first kappa shape index (κ1) is 14.2. The molecule has 21 heavy (non-hydrogen) atoms. The lowest BCUT2D eigenvalue weighted by Crippen LogP contribution is -2.21. The Balaban J connectivity index is 2.23. The van der Waals surface area contributed by atoms with Crippen LogP contribution in [-0.4, -0.2) is 28.2 Å². The number of nitrogens with zero attached hydrogens (tertiary/aromatic N) is 3. The highest BCUT2D eigenvalue weighted by Gasteiger charge is 2.05. The summed E-state index contributed by atoms with van der Waals surface area (Å²) in [5.41, 5.74) is 12.7. The zero-order valence-electron chi connectivity index (χ0n) is 11.0. The Hall–Kier alpha value is -3.22. The number of benzene rings is 1. The molecule has 0 aliphatic carbocycles. The van der Waals surface area contributed by atoms with Crippen molar-refractivity contribution in [1.82, 2.24) is 4.98 Å². The van der Waals surface area contributed by atoms with Crippen molar-refractivity contribution < 1.29 is 9.90 Å². The van der Waals surface area contributed by atoms with Gasteiger partial charge in [0.2, 0.25) is 5.96 Å². The van der Waals surface area contributed by atoms with Gasteiger partial charge in [-0.3, -0.25) is 4.98 Å². The minimum atomic E-state index is -0.986. The van der Waals surface area contributed by atoms with Gasteiger partial charge < -0.3 is 16.6 Å². The molecule has 1 heterocycles. The van der Waals surface area contributed by atoms with Crippen LogP contribution < -0.4 is 11.5 Å². The monoisotopic (exact) mass is 283 g/mol. The molecule has 7 nitrogen and oxygen atoms in total. The van der Waals surface area contributed by atoms with Crippen LogP contribution in [-0.2, 0) is 0 Å². The number of carbonyl (C=O) groups is 1. The van der Waals surface area contributed by atoms with Crippen LogP contribution in [0.2, 0.25) is 0 Å². The first-order chi connectivity index (χ1) is 10.1. The molecule has 0 fully saturated rings. The summed E-state index contributed by atoms with van der Waals surface area (Å²) < 4.78 is 0. The lowest BCUT2D eigenvalue weighted by atomic mass is 10.1. The van der Waals surface area contributed by atoms with Crippen molar-refractivity contribution in [2.75, 3.05) is 0 Å². The maximum Gasteiger partial charge on any atom is 0.335 e. The van der Waals surface area contributed by atoms with Gasteiger partial charge >= 0.3 is 5.97 Å². The van der Waals surface area contributed by atoms with Crippen molar-refractivity contribution in [2.24, 2.45) is 21.7 Å². The molecule has 5 N–H and O–H groups in total. The molecule has 0 spiro atoms. The average Bonchev–Trinajstić information content (AvgIpc) is 2.48. The lowest BCUT2D eigenvalue weighted by molar-refractivity contribution is 0.0697. The number of pyridine rings is 1. The van der Waals surface area contributed by atoms with Crippen molar-refractivity contribution in [3.05, 3.63) is 53.7 Å². The topological polar surface area (TPSA) is 127 Å². The predicted molar refractivity (Wildman–Crippen MR) is 80.0 cm³/mol. The van der Waals surface area contributed by atoms with Gasteiger partial charge in [0.05, 0.1) is 17.5 Å². The Labute approximate surface area is 120 Å². The molecule has 7 heteroatoms. The number of hydrogen-bond acceptors (Lipinski definition) is 4. The van der Waals surface area contributed by atoms with Crippen molar-refractivity contribution in [2.45, 2.75) is 0 Å². The predicted octanol–water partition coefficient (Wildman–Crippen LogP) is 1.05. The van der Waals surface area contributed by atoms with Gasteiger partial charge in [0.15, 0.2) is 0 Å². The average molecular weight is 283 g/mol. The molecule has 0 saturated carbocycles. The first-order valence-electron chi connectivity index (χ1n) is 5.98. The Morgan fingerprint density at radius 3 is 2.52 bits per heavy atom. The normalized spacial score (nSPS) is 10.5. The number of aromatic nitrogens is 1. The molecular weight excluding hydrogens is 270 g/mol. The van der Waals surface area contributed by atoms with E-state index in [1.807, 2.05) is 12.1 Å². The van der Waals surface area contributed by atoms with E-state index in [0.29, 0.717) is 5.69 Å². The fourth-order valence-electron chi connectivity index (χ4n) is 1.62. The van der Waals surface area contributed by atoms with Gasteiger partial charge in [0.1, 0.15) is 0 Å². The summed E-state index contributed by atoms with van der Waals surface area (Å²) in [5, 5.41) is 16.2. The zero-order chi connectivity index (χ0) is 15.2. The van der Waals surface area contributed by atoms with Crippen molar-refractivity contribution in [1.29, 1.82) is 0 Å². The highest BCUT2D eigenvalue weighted by Crippen LogP contribution is 2.18. The van der Waals surface area contributed by atoms with E-state index in [0.717, 1.165) is 11.1 Å². The molecule has 0 atom stereocenters. The van der Waals surface area contributed by atoms with Gasteiger partial charge in [0, 0.05) is 11.8 Å². The molecule has 1 aromatic carbocycles. The van der Waals surface area contributed by atoms with E-state index >= 15 is 0 Å². The number of rotatable bonds is 4. The van der Waals surface area contributed by atoms with Gasteiger partial charge in [-0.1, -0.05) is 24.3 Å². The quantitative estimate of drug-likeness (QED) is 0.439. The number of carboxylic acids is 1. The minimum absolute atomic E-state index is 0.113. The summed E-state index contributed by atoms with van der Waals surface area (Å²) in [7, 11) is 0. The Kier molecular flexibility index (Phi) is 4.25. The first-order valence-corrected chi connectivity index (χ1v) is 5.98. The molecule has 0 saturated heterocycles. The summed E-state index contributed by atoms with van der Waals surface area (Å²) in [6.07, 6.45) is 2.97. The summed E-state index contributed by atoms with van der Waals surface area (Å²) in [5.74, 6) is -1.10. The van der Waals surface area contributed by atoms with E-state index in [2.05, 4.69) is 15.2 Å². The molecule has 0 aliphatic heterocycles. The van der Waals surface area contributed by atoms with E-state index in [4.69, 9.17) is 16.6 Å². The number of hydrogen-bond donors (Lipinski definition) is 3. The molecule has 0 amide bonds. The molecule has 0 aliphatic rings. The molecule has 0 bridgehead atoms. The van der Waals surface area contributed by atoms with Crippen LogP contribution in [0.3, 0.4) is 0 Å².